The van der Waals surface area contributed by atoms with Gasteiger partial charge in [0.05, 0.1) is 84.2 Å². The van der Waals surface area contributed by atoms with Gasteiger partial charge in [0.1, 0.15) is 17.6 Å². The van der Waals surface area contributed by atoms with E-state index in [0.717, 1.165) is 64.1 Å². The zero-order chi connectivity index (χ0) is 48.8. The average Bonchev–Trinajstić information content (AvgIpc) is 4.14. The standard InChI is InChI=1S/C49H69N7O9S3/c1-32-43(67-31-53-32)34-10-8-33(9-11-34)26-51-45(60)39-25-37(58)29-56(39)46(61)38(48(2,3)4)24-36(57)14-18-62-20-22-64-23-21-63-19-17-55-15-12-35(13-16-55)44(59)54-47-52-28-42(68-47)66-30-41-50-27-40(65-41)49(5,6)7/h8-11,27-28,31,35,37-39,58H,12-26,29-30H2,1-7H3,(H,51,60)(H,52,54,59)/t37-,38?,39+/m0/s1. The number of aromatic nitrogens is 3. The Balaban J connectivity index is 0.788. The van der Waals surface area contributed by atoms with Gasteiger partial charge in [0.15, 0.2) is 5.13 Å². The van der Waals surface area contributed by atoms with E-state index in [1.54, 1.807) is 35.5 Å². The third-order valence-electron chi connectivity index (χ3n) is 12.2. The normalized spacial score (nSPS) is 17.7. The van der Waals surface area contributed by atoms with Crippen LogP contribution in [0.5, 0.6) is 0 Å². The van der Waals surface area contributed by atoms with Crippen LogP contribution in [-0.4, -0.2) is 131 Å². The van der Waals surface area contributed by atoms with E-state index in [9.17, 15) is 24.3 Å². The molecule has 5 heterocycles. The van der Waals surface area contributed by atoms with E-state index in [2.05, 4.69) is 51.3 Å². The molecule has 1 aromatic carbocycles. The Bertz CT molecular complexity index is 2240. The highest BCUT2D eigenvalue weighted by Gasteiger charge is 2.44. The van der Waals surface area contributed by atoms with Gasteiger partial charge in [-0.25, -0.2) is 15.0 Å². The molecule has 16 nitrogen and oxygen atoms in total. The summed E-state index contributed by atoms with van der Waals surface area (Å²) in [6, 6.07) is 7.10. The van der Waals surface area contributed by atoms with Gasteiger partial charge < -0.3 is 44.2 Å². The second-order valence-electron chi connectivity index (χ2n) is 19.6. The number of amides is 3. The molecule has 3 amide bonds. The second kappa shape index (κ2) is 25.2. The molecular formula is C49H69N7O9S3. The van der Waals surface area contributed by atoms with E-state index < -0.39 is 23.5 Å². The average molecular weight is 996 g/mol. The summed E-state index contributed by atoms with van der Waals surface area (Å²) < 4.78 is 24.0. The van der Waals surface area contributed by atoms with E-state index in [1.165, 1.54) is 16.2 Å². The first kappa shape index (κ1) is 53.3. The van der Waals surface area contributed by atoms with Gasteiger partial charge >= 0.3 is 0 Å². The number of hydrogen-bond acceptors (Lipinski definition) is 16. The van der Waals surface area contributed by atoms with Crippen molar-refractivity contribution in [2.24, 2.45) is 17.3 Å². The smallest absolute Gasteiger partial charge is 0.243 e. The third kappa shape index (κ3) is 16.0. The summed E-state index contributed by atoms with van der Waals surface area (Å²) in [7, 11) is 0. The lowest BCUT2D eigenvalue weighted by atomic mass is 9.76. The number of anilines is 1. The van der Waals surface area contributed by atoms with Crippen molar-refractivity contribution in [3.05, 3.63) is 65.1 Å². The monoisotopic (exact) mass is 995 g/mol. The molecule has 3 atom stereocenters. The minimum Gasteiger partial charge on any atom is -0.444 e. The van der Waals surface area contributed by atoms with Crippen LogP contribution in [-0.2, 0) is 51.1 Å². The van der Waals surface area contributed by atoms with E-state index in [-0.39, 0.29) is 73.8 Å². The number of rotatable bonds is 24. The Morgan fingerprint density at radius 3 is 2.25 bits per heavy atom. The molecule has 1 unspecified atom stereocenters. The zero-order valence-electron chi connectivity index (χ0n) is 40.5. The lowest BCUT2D eigenvalue weighted by Crippen LogP contribution is -2.50. The van der Waals surface area contributed by atoms with Gasteiger partial charge in [0, 0.05) is 56.1 Å². The maximum absolute atomic E-state index is 14.0. The number of ketones is 1. The van der Waals surface area contributed by atoms with Gasteiger partial charge in [-0.3, -0.25) is 19.2 Å². The van der Waals surface area contributed by atoms with Crippen molar-refractivity contribution >= 4 is 63.1 Å². The van der Waals surface area contributed by atoms with E-state index in [1.807, 2.05) is 57.5 Å². The molecule has 372 valence electrons. The fourth-order valence-electron chi connectivity index (χ4n) is 8.05. The molecule has 3 aromatic heterocycles. The van der Waals surface area contributed by atoms with Crippen molar-refractivity contribution in [1.29, 1.82) is 0 Å². The summed E-state index contributed by atoms with van der Waals surface area (Å²) in [6.07, 6.45) is 4.59. The van der Waals surface area contributed by atoms with E-state index in [0.29, 0.717) is 49.8 Å². The number of nitrogens with one attached hydrogen (secondary N) is 2. The van der Waals surface area contributed by atoms with E-state index >= 15 is 0 Å². The highest BCUT2D eigenvalue weighted by molar-refractivity contribution is 8.00. The number of ether oxygens (including phenoxy) is 3. The fraction of sp³-hybridized carbons (Fsp3) is 0.612. The summed E-state index contributed by atoms with van der Waals surface area (Å²) in [6.45, 7) is 19.0. The number of nitrogens with zero attached hydrogens (tertiary/aromatic N) is 5. The van der Waals surface area contributed by atoms with Crippen molar-refractivity contribution in [2.75, 3.05) is 71.1 Å². The Hall–Kier alpha value is -4.08. The number of aryl methyl sites for hydroxylation is 1. The fourth-order valence-corrected chi connectivity index (χ4v) is 10.6. The number of hydrogen-bond donors (Lipinski definition) is 3. The summed E-state index contributed by atoms with van der Waals surface area (Å²) in [5.74, 6) is 0.674. The van der Waals surface area contributed by atoms with Crippen LogP contribution in [0, 0.1) is 24.2 Å². The number of thioether (sulfide) groups is 1. The molecule has 2 aliphatic heterocycles. The quantitative estimate of drug-likeness (QED) is 0.0473. The molecule has 0 spiro atoms. The molecule has 2 aliphatic rings. The Morgan fingerprint density at radius 1 is 0.912 bits per heavy atom. The van der Waals surface area contributed by atoms with Crippen LogP contribution >= 0.6 is 34.4 Å². The van der Waals surface area contributed by atoms with Crippen LogP contribution in [0.2, 0.25) is 0 Å². The number of carbonyl (C=O) groups excluding carboxylic acids is 4. The maximum atomic E-state index is 14.0. The van der Waals surface area contributed by atoms with Crippen molar-refractivity contribution in [3.63, 3.8) is 0 Å². The molecule has 68 heavy (non-hydrogen) atoms. The molecule has 0 aliphatic carbocycles. The predicted molar refractivity (Wildman–Crippen MR) is 265 cm³/mol. The number of aliphatic hydroxyl groups is 1. The van der Waals surface area contributed by atoms with Gasteiger partial charge in [0.2, 0.25) is 23.6 Å². The highest BCUT2D eigenvalue weighted by atomic mass is 32.2. The second-order valence-corrected chi connectivity index (χ2v) is 22.7. The number of thiazole rings is 2. The number of aliphatic hydroxyl groups excluding tert-OH is 1. The molecule has 2 saturated heterocycles. The number of β-amino-alcohol motifs (C(OH)–C–C–N with tert-alkyl or cyclic N) is 1. The molecular weight excluding hydrogens is 927 g/mol. The first-order chi connectivity index (χ1) is 32.4. The number of carbonyl (C=O) groups is 4. The largest absolute Gasteiger partial charge is 0.444 e. The zero-order valence-corrected chi connectivity index (χ0v) is 43.0. The predicted octanol–water partition coefficient (Wildman–Crippen LogP) is 7.14. The van der Waals surface area contributed by atoms with Gasteiger partial charge in [-0.15, -0.1) is 23.1 Å². The third-order valence-corrected chi connectivity index (χ3v) is 15.3. The summed E-state index contributed by atoms with van der Waals surface area (Å²) in [5.41, 5.74) is 4.12. The molecule has 0 saturated carbocycles. The molecule has 19 heteroatoms. The summed E-state index contributed by atoms with van der Waals surface area (Å²) in [4.78, 5) is 71.6. The van der Waals surface area contributed by atoms with Crippen LogP contribution in [0.15, 0.2) is 50.8 Å². The van der Waals surface area contributed by atoms with Crippen LogP contribution in [0.1, 0.15) is 96.6 Å². The van der Waals surface area contributed by atoms with E-state index in [4.69, 9.17) is 18.6 Å². The van der Waals surface area contributed by atoms with Gasteiger partial charge in [-0.1, -0.05) is 77.1 Å². The molecule has 3 N–H and O–H groups in total. The minimum atomic E-state index is -0.831. The molecule has 2 fully saturated rings. The number of piperidine rings is 1. The molecule has 0 radical (unpaired) electrons. The van der Waals surface area contributed by atoms with Crippen molar-refractivity contribution in [1.82, 2.24) is 30.1 Å². The number of benzene rings is 1. The van der Waals surface area contributed by atoms with Gasteiger partial charge in [0.25, 0.3) is 0 Å². The SMILES string of the molecule is Cc1ncsc1-c1ccc(CNC(=O)[C@H]2C[C@H](O)CN2C(=O)C(CC(=O)CCOCCOCCOCCN2CCC(C(=O)Nc3ncc(SCc4ncc(C(C)(C)C)o4)s3)CC2)C(C)(C)C)cc1. The number of oxazole rings is 1. The maximum Gasteiger partial charge on any atom is 0.243 e. The molecule has 6 rings (SSSR count). The first-order valence-corrected chi connectivity index (χ1v) is 26.2. The Morgan fingerprint density at radius 2 is 1.60 bits per heavy atom. The van der Waals surface area contributed by atoms with Crippen molar-refractivity contribution < 1.29 is 42.9 Å². The van der Waals surface area contributed by atoms with Crippen LogP contribution in [0.3, 0.4) is 0 Å². The molecule has 0 bridgehead atoms. The van der Waals surface area contributed by atoms with Crippen LogP contribution in [0.4, 0.5) is 5.13 Å². The Kier molecular flexibility index (Phi) is 19.7. The first-order valence-electron chi connectivity index (χ1n) is 23.5. The van der Waals surface area contributed by atoms with Crippen LogP contribution in [0.25, 0.3) is 10.4 Å². The van der Waals surface area contributed by atoms with Gasteiger partial charge in [-0.05, 0) is 49.4 Å². The Labute approximate surface area is 412 Å². The van der Waals surface area contributed by atoms with Crippen molar-refractivity contribution in [3.8, 4) is 10.4 Å². The van der Waals surface area contributed by atoms with Crippen molar-refractivity contribution in [2.45, 2.75) is 115 Å². The number of likely N-dealkylation sites (tertiary alicyclic amines) is 2. The summed E-state index contributed by atoms with van der Waals surface area (Å²) in [5, 5.41) is 17.1. The number of Topliss-reactive ketones (excluding diaryl/α,β-unsaturated/α-hetero) is 1. The lowest BCUT2D eigenvalue weighted by molar-refractivity contribution is -0.146. The van der Waals surface area contributed by atoms with Crippen LogP contribution < -0.4 is 10.6 Å². The van der Waals surface area contributed by atoms with Gasteiger partial charge in [-0.2, -0.15) is 0 Å². The lowest BCUT2D eigenvalue weighted by Gasteiger charge is -2.34. The molecule has 4 aromatic rings. The topological polar surface area (TPSA) is 199 Å². The highest BCUT2D eigenvalue weighted by Crippen LogP contribution is 2.35. The minimum absolute atomic E-state index is 0.0118. The summed E-state index contributed by atoms with van der Waals surface area (Å²) >= 11 is 4.63.